The van der Waals surface area contributed by atoms with Crippen molar-refractivity contribution in [1.29, 1.82) is 0 Å². The molecule has 1 aliphatic rings. The van der Waals surface area contributed by atoms with Crippen molar-refractivity contribution < 1.29 is 14.3 Å². The van der Waals surface area contributed by atoms with Crippen LogP contribution in [-0.4, -0.2) is 52.5 Å². The van der Waals surface area contributed by atoms with Gasteiger partial charge in [0.05, 0.1) is 5.69 Å². The van der Waals surface area contributed by atoms with Gasteiger partial charge in [0.15, 0.2) is 6.61 Å². The Balaban J connectivity index is 1.37. The van der Waals surface area contributed by atoms with Gasteiger partial charge in [0.25, 0.3) is 11.8 Å². The number of hydrogen-bond acceptors (Lipinski definition) is 6. The number of piperidine rings is 1. The highest BCUT2D eigenvalue weighted by molar-refractivity contribution is 7.07. The maximum absolute atomic E-state index is 12.5. The Morgan fingerprint density at radius 3 is 2.74 bits per heavy atom. The van der Waals surface area contributed by atoms with Gasteiger partial charge in [0.2, 0.25) is 0 Å². The van der Waals surface area contributed by atoms with Gasteiger partial charge in [-0.15, -0.1) is 5.10 Å². The average Bonchev–Trinajstić information content (AvgIpc) is 3.10. The monoisotopic (exact) mass is 388 g/mol. The molecule has 1 aromatic carbocycles. The first-order valence-electron chi connectivity index (χ1n) is 9.07. The molecule has 0 spiro atoms. The number of ether oxygens (including phenoxy) is 1. The molecule has 8 heteroatoms. The smallest absolute Gasteiger partial charge is 0.267 e. The van der Waals surface area contributed by atoms with Crippen LogP contribution < -0.4 is 10.1 Å². The summed E-state index contributed by atoms with van der Waals surface area (Å²) >= 11 is 1.15. The lowest BCUT2D eigenvalue weighted by molar-refractivity contribution is -0.123. The molecule has 27 heavy (non-hydrogen) atoms. The number of aromatic nitrogens is 2. The van der Waals surface area contributed by atoms with E-state index in [0.29, 0.717) is 41.9 Å². The molecule has 0 aliphatic carbocycles. The van der Waals surface area contributed by atoms with E-state index in [9.17, 15) is 9.59 Å². The molecule has 1 aromatic heterocycles. The zero-order valence-electron chi connectivity index (χ0n) is 15.6. The van der Waals surface area contributed by atoms with Crippen LogP contribution in [0.25, 0.3) is 0 Å². The Hall–Kier alpha value is -2.48. The fourth-order valence-electron chi connectivity index (χ4n) is 3.07. The lowest BCUT2D eigenvalue weighted by atomic mass is 9.96. The van der Waals surface area contributed by atoms with Crippen LogP contribution in [0.1, 0.15) is 33.8 Å². The quantitative estimate of drug-likeness (QED) is 0.820. The fourth-order valence-corrected chi connectivity index (χ4v) is 3.70. The van der Waals surface area contributed by atoms with E-state index in [4.69, 9.17) is 4.74 Å². The summed E-state index contributed by atoms with van der Waals surface area (Å²) in [4.78, 5) is 26.9. The van der Waals surface area contributed by atoms with Crippen molar-refractivity contribution >= 4 is 23.3 Å². The van der Waals surface area contributed by atoms with E-state index in [1.54, 1.807) is 6.92 Å². The van der Waals surface area contributed by atoms with Crippen molar-refractivity contribution in [3.05, 3.63) is 40.4 Å². The summed E-state index contributed by atoms with van der Waals surface area (Å²) < 4.78 is 9.34. The number of carbonyl (C=O) groups excluding carboxylic acids is 2. The summed E-state index contributed by atoms with van der Waals surface area (Å²) in [6.07, 6.45) is 1.74. The molecule has 0 saturated carbocycles. The Morgan fingerprint density at radius 2 is 2.07 bits per heavy atom. The molecular formula is C19H24N4O3S. The van der Waals surface area contributed by atoms with Gasteiger partial charge in [-0.25, -0.2) is 0 Å². The van der Waals surface area contributed by atoms with E-state index in [1.165, 1.54) is 0 Å². The van der Waals surface area contributed by atoms with E-state index in [1.807, 2.05) is 36.1 Å². The molecule has 2 amide bonds. The van der Waals surface area contributed by atoms with Crippen LogP contribution >= 0.6 is 11.5 Å². The largest absolute Gasteiger partial charge is 0.484 e. The molecule has 2 aromatic rings. The summed E-state index contributed by atoms with van der Waals surface area (Å²) in [5.74, 6) is 0.959. The molecule has 1 N–H and O–H groups in total. The third-order valence-corrected chi connectivity index (χ3v) is 5.51. The number of nitrogens with one attached hydrogen (secondary N) is 1. The van der Waals surface area contributed by atoms with Crippen molar-refractivity contribution in [3.8, 4) is 5.75 Å². The van der Waals surface area contributed by atoms with Gasteiger partial charge in [0.1, 0.15) is 10.6 Å². The average molecular weight is 388 g/mol. The highest BCUT2D eigenvalue weighted by atomic mass is 32.1. The van der Waals surface area contributed by atoms with Crippen LogP contribution in [0.3, 0.4) is 0 Å². The van der Waals surface area contributed by atoms with E-state index < -0.39 is 0 Å². The third kappa shape index (κ3) is 5.26. The molecule has 1 saturated heterocycles. The van der Waals surface area contributed by atoms with Crippen LogP contribution in [0.2, 0.25) is 0 Å². The number of amides is 2. The second kappa shape index (κ2) is 8.94. The number of carbonyl (C=O) groups is 2. The van der Waals surface area contributed by atoms with Crippen molar-refractivity contribution in [1.82, 2.24) is 19.8 Å². The van der Waals surface area contributed by atoms with Gasteiger partial charge in [-0.3, -0.25) is 9.59 Å². The van der Waals surface area contributed by atoms with E-state index in [-0.39, 0.29) is 18.4 Å². The highest BCUT2D eigenvalue weighted by Crippen LogP contribution is 2.20. The molecule has 0 unspecified atom stereocenters. The molecule has 7 nitrogen and oxygen atoms in total. The molecule has 0 bridgehead atoms. The molecule has 144 valence electrons. The maximum atomic E-state index is 12.5. The van der Waals surface area contributed by atoms with E-state index in [2.05, 4.69) is 14.9 Å². The summed E-state index contributed by atoms with van der Waals surface area (Å²) in [5.41, 5.74) is 1.78. The first-order chi connectivity index (χ1) is 13.0. The number of nitrogens with zero attached hydrogens (tertiary/aromatic N) is 3. The van der Waals surface area contributed by atoms with Gasteiger partial charge in [-0.1, -0.05) is 16.6 Å². The topological polar surface area (TPSA) is 84.4 Å². The molecule has 0 atom stereocenters. The number of benzene rings is 1. The standard InChI is InChI=1S/C19H24N4O3S/c1-13-4-3-5-16(10-13)26-12-17(24)20-11-15-6-8-23(9-7-15)19(25)18-14(2)21-22-27-18/h3-5,10,15H,6-9,11-12H2,1-2H3,(H,20,24). The minimum absolute atomic E-state index is 0.0107. The van der Waals surface area contributed by atoms with Crippen LogP contribution in [0.4, 0.5) is 0 Å². The Bertz CT molecular complexity index is 800. The lowest BCUT2D eigenvalue weighted by Crippen LogP contribution is -2.42. The van der Waals surface area contributed by atoms with Crippen LogP contribution in [0.15, 0.2) is 24.3 Å². The third-order valence-electron chi connectivity index (χ3n) is 4.69. The van der Waals surface area contributed by atoms with Crippen molar-refractivity contribution in [2.45, 2.75) is 26.7 Å². The lowest BCUT2D eigenvalue weighted by Gasteiger charge is -2.31. The molecule has 1 aliphatic heterocycles. The van der Waals surface area contributed by atoms with Crippen LogP contribution in [0, 0.1) is 19.8 Å². The number of likely N-dealkylation sites (tertiary alicyclic amines) is 1. The number of hydrogen-bond donors (Lipinski definition) is 1. The summed E-state index contributed by atoms with van der Waals surface area (Å²) in [6, 6.07) is 7.63. The zero-order chi connectivity index (χ0) is 19.2. The molecule has 2 heterocycles. The van der Waals surface area contributed by atoms with E-state index in [0.717, 1.165) is 29.9 Å². The number of rotatable bonds is 6. The maximum Gasteiger partial charge on any atom is 0.267 e. The Morgan fingerprint density at radius 1 is 1.30 bits per heavy atom. The summed E-state index contributed by atoms with van der Waals surface area (Å²) in [6.45, 7) is 5.79. The Kier molecular flexibility index (Phi) is 6.39. The van der Waals surface area contributed by atoms with Crippen LogP contribution in [-0.2, 0) is 4.79 Å². The molecular weight excluding hydrogens is 364 g/mol. The number of aryl methyl sites for hydroxylation is 2. The highest BCUT2D eigenvalue weighted by Gasteiger charge is 2.26. The molecule has 0 radical (unpaired) electrons. The van der Waals surface area contributed by atoms with Gasteiger partial charge < -0.3 is 15.0 Å². The minimum Gasteiger partial charge on any atom is -0.484 e. The normalized spacial score (nSPS) is 14.8. The predicted molar refractivity (Wildman–Crippen MR) is 103 cm³/mol. The molecule has 1 fully saturated rings. The summed E-state index contributed by atoms with van der Waals surface area (Å²) in [7, 11) is 0. The van der Waals surface area contributed by atoms with Gasteiger partial charge >= 0.3 is 0 Å². The van der Waals surface area contributed by atoms with E-state index >= 15 is 0 Å². The SMILES string of the molecule is Cc1cccc(OCC(=O)NCC2CCN(C(=O)c3snnc3C)CC2)c1. The van der Waals surface area contributed by atoms with Crippen molar-refractivity contribution in [2.75, 3.05) is 26.2 Å². The van der Waals surface area contributed by atoms with Crippen LogP contribution in [0.5, 0.6) is 5.75 Å². The minimum atomic E-state index is -0.124. The van der Waals surface area contributed by atoms with Gasteiger partial charge in [-0.05, 0) is 61.8 Å². The van der Waals surface area contributed by atoms with Gasteiger partial charge in [0, 0.05) is 19.6 Å². The molecule has 3 rings (SSSR count). The predicted octanol–water partition coefficient (Wildman–Crippen LogP) is 2.20. The Labute approximate surface area is 162 Å². The first-order valence-corrected chi connectivity index (χ1v) is 9.84. The summed E-state index contributed by atoms with van der Waals surface area (Å²) in [5, 5.41) is 6.83. The second-order valence-electron chi connectivity index (χ2n) is 6.83. The van der Waals surface area contributed by atoms with Crippen molar-refractivity contribution in [3.63, 3.8) is 0 Å². The zero-order valence-corrected chi connectivity index (χ0v) is 16.4. The van der Waals surface area contributed by atoms with Gasteiger partial charge in [-0.2, -0.15) is 0 Å². The fraction of sp³-hybridized carbons (Fsp3) is 0.474. The second-order valence-corrected chi connectivity index (χ2v) is 7.59. The first kappa shape index (κ1) is 19.3. The van der Waals surface area contributed by atoms with Crippen molar-refractivity contribution in [2.24, 2.45) is 5.92 Å².